The molecule has 0 aromatic carbocycles. The van der Waals surface area contributed by atoms with Crippen molar-refractivity contribution >= 4 is 11.9 Å². The predicted octanol–water partition coefficient (Wildman–Crippen LogP) is 19.7. The molecule has 5 heteroatoms. The van der Waals surface area contributed by atoms with Crippen molar-refractivity contribution in [3.63, 3.8) is 0 Å². The van der Waals surface area contributed by atoms with Crippen molar-refractivity contribution < 1.29 is 23.8 Å². The SMILES string of the molecule is CC/C=C\C/C=C\C/C=C\CCCCCCCCCC(=O)OC(COCCCCCCCCCCCCCCCC)COC(=O)CCCCCCCCCCC/C=C\C/C=C\CCCCC. The van der Waals surface area contributed by atoms with E-state index in [1.165, 1.54) is 186 Å². The second-order valence-corrected chi connectivity index (χ2v) is 19.2. The van der Waals surface area contributed by atoms with Crippen LogP contribution in [0.15, 0.2) is 60.8 Å². The molecular formula is C61H110O5. The van der Waals surface area contributed by atoms with E-state index < -0.39 is 6.10 Å². The molecule has 0 rings (SSSR count). The zero-order valence-corrected chi connectivity index (χ0v) is 44.2. The van der Waals surface area contributed by atoms with E-state index in [0.717, 1.165) is 70.6 Å². The van der Waals surface area contributed by atoms with Gasteiger partial charge in [-0.2, -0.15) is 0 Å². The van der Waals surface area contributed by atoms with E-state index in [1.54, 1.807) is 0 Å². The minimum Gasteiger partial charge on any atom is -0.462 e. The number of rotatable bonds is 53. The topological polar surface area (TPSA) is 61.8 Å². The summed E-state index contributed by atoms with van der Waals surface area (Å²) in [6.07, 6.45) is 72.3. The molecule has 0 fully saturated rings. The van der Waals surface area contributed by atoms with Crippen LogP contribution in [0.25, 0.3) is 0 Å². The van der Waals surface area contributed by atoms with Gasteiger partial charge in [-0.3, -0.25) is 9.59 Å². The summed E-state index contributed by atoms with van der Waals surface area (Å²) in [5.74, 6) is -0.400. The Hall–Kier alpha value is -2.40. The van der Waals surface area contributed by atoms with Gasteiger partial charge in [0.1, 0.15) is 6.61 Å². The Labute approximate surface area is 411 Å². The van der Waals surface area contributed by atoms with Gasteiger partial charge in [-0.1, -0.05) is 255 Å². The largest absolute Gasteiger partial charge is 0.462 e. The first kappa shape index (κ1) is 63.6. The molecule has 0 saturated carbocycles. The number of carbonyl (C=O) groups excluding carboxylic acids is 2. The molecule has 0 bridgehead atoms. The maximum atomic E-state index is 12.9. The lowest BCUT2D eigenvalue weighted by Gasteiger charge is -2.18. The second-order valence-electron chi connectivity index (χ2n) is 19.2. The molecule has 66 heavy (non-hydrogen) atoms. The smallest absolute Gasteiger partial charge is 0.306 e. The van der Waals surface area contributed by atoms with Crippen molar-refractivity contribution in [2.45, 2.75) is 297 Å². The third-order valence-electron chi connectivity index (χ3n) is 12.5. The Balaban J connectivity index is 4.26. The molecule has 1 atom stereocenters. The number of hydrogen-bond acceptors (Lipinski definition) is 5. The molecule has 384 valence electrons. The molecule has 0 heterocycles. The minimum absolute atomic E-state index is 0.0812. The van der Waals surface area contributed by atoms with Gasteiger partial charge in [0.05, 0.1) is 6.61 Å². The molecule has 0 amide bonds. The van der Waals surface area contributed by atoms with Crippen molar-refractivity contribution in [1.29, 1.82) is 0 Å². The van der Waals surface area contributed by atoms with Crippen molar-refractivity contribution in [2.24, 2.45) is 0 Å². The number of esters is 2. The van der Waals surface area contributed by atoms with E-state index in [2.05, 4.69) is 81.5 Å². The zero-order valence-electron chi connectivity index (χ0n) is 44.2. The number of ether oxygens (including phenoxy) is 3. The number of hydrogen-bond donors (Lipinski definition) is 0. The third-order valence-corrected chi connectivity index (χ3v) is 12.5. The lowest BCUT2D eigenvalue weighted by Crippen LogP contribution is -2.30. The fourth-order valence-corrected chi connectivity index (χ4v) is 8.26. The second kappa shape index (κ2) is 56.9. The van der Waals surface area contributed by atoms with Crippen LogP contribution in [0.4, 0.5) is 0 Å². The van der Waals surface area contributed by atoms with E-state index in [0.29, 0.717) is 19.4 Å². The Morgan fingerprint density at radius 1 is 0.348 bits per heavy atom. The zero-order chi connectivity index (χ0) is 47.7. The molecule has 0 aliphatic rings. The lowest BCUT2D eigenvalue weighted by molar-refractivity contribution is -0.163. The minimum atomic E-state index is -0.542. The summed E-state index contributed by atoms with van der Waals surface area (Å²) in [5, 5.41) is 0. The van der Waals surface area contributed by atoms with E-state index >= 15 is 0 Å². The molecule has 0 aromatic heterocycles. The van der Waals surface area contributed by atoms with Crippen LogP contribution in [-0.2, 0) is 23.8 Å². The molecule has 0 aliphatic carbocycles. The first-order valence-corrected chi connectivity index (χ1v) is 28.8. The van der Waals surface area contributed by atoms with Crippen LogP contribution in [0.1, 0.15) is 290 Å². The van der Waals surface area contributed by atoms with Gasteiger partial charge < -0.3 is 14.2 Å². The van der Waals surface area contributed by atoms with Crippen molar-refractivity contribution in [3.05, 3.63) is 60.8 Å². The van der Waals surface area contributed by atoms with E-state index in [9.17, 15) is 9.59 Å². The monoisotopic (exact) mass is 923 g/mol. The van der Waals surface area contributed by atoms with E-state index in [-0.39, 0.29) is 25.2 Å². The van der Waals surface area contributed by atoms with Crippen LogP contribution in [0, 0.1) is 0 Å². The van der Waals surface area contributed by atoms with Gasteiger partial charge in [-0.25, -0.2) is 0 Å². The maximum Gasteiger partial charge on any atom is 0.306 e. The number of unbranched alkanes of at least 4 members (excludes halogenated alkanes) is 32. The molecule has 0 aromatic rings. The Kier molecular flexibility index (Phi) is 54.9. The van der Waals surface area contributed by atoms with E-state index in [4.69, 9.17) is 14.2 Å². The molecule has 0 saturated heterocycles. The molecular weight excluding hydrogens is 813 g/mol. The Morgan fingerprint density at radius 2 is 0.682 bits per heavy atom. The van der Waals surface area contributed by atoms with Gasteiger partial charge in [0.2, 0.25) is 0 Å². The van der Waals surface area contributed by atoms with E-state index in [1.807, 2.05) is 0 Å². The molecule has 0 spiro atoms. The van der Waals surface area contributed by atoms with Crippen molar-refractivity contribution in [3.8, 4) is 0 Å². The Bertz CT molecular complexity index is 1130. The van der Waals surface area contributed by atoms with Crippen LogP contribution in [0.2, 0.25) is 0 Å². The summed E-state index contributed by atoms with van der Waals surface area (Å²) >= 11 is 0. The maximum absolute atomic E-state index is 12.9. The van der Waals surface area contributed by atoms with Crippen LogP contribution >= 0.6 is 0 Å². The molecule has 1 unspecified atom stereocenters. The van der Waals surface area contributed by atoms with Gasteiger partial charge in [0, 0.05) is 19.4 Å². The van der Waals surface area contributed by atoms with Gasteiger partial charge in [-0.15, -0.1) is 0 Å². The average molecular weight is 924 g/mol. The van der Waals surface area contributed by atoms with Crippen LogP contribution in [0.5, 0.6) is 0 Å². The average Bonchev–Trinajstić information content (AvgIpc) is 3.32. The van der Waals surface area contributed by atoms with Crippen LogP contribution in [-0.4, -0.2) is 37.9 Å². The normalized spacial score (nSPS) is 12.6. The van der Waals surface area contributed by atoms with Gasteiger partial charge in [0.15, 0.2) is 6.10 Å². The van der Waals surface area contributed by atoms with Crippen molar-refractivity contribution in [1.82, 2.24) is 0 Å². The summed E-state index contributed by atoms with van der Waals surface area (Å²) in [4.78, 5) is 25.5. The van der Waals surface area contributed by atoms with Gasteiger partial charge in [-0.05, 0) is 83.5 Å². The summed E-state index contributed by atoms with van der Waals surface area (Å²) in [7, 11) is 0. The van der Waals surface area contributed by atoms with Crippen molar-refractivity contribution in [2.75, 3.05) is 19.8 Å². The lowest BCUT2D eigenvalue weighted by atomic mass is 10.0. The molecule has 0 aliphatic heterocycles. The molecule has 0 radical (unpaired) electrons. The first-order valence-electron chi connectivity index (χ1n) is 28.8. The Morgan fingerprint density at radius 3 is 1.12 bits per heavy atom. The number of allylic oxidation sites excluding steroid dienone is 10. The summed E-state index contributed by atoms with van der Waals surface area (Å²) in [5.41, 5.74) is 0. The van der Waals surface area contributed by atoms with Gasteiger partial charge in [0.25, 0.3) is 0 Å². The highest BCUT2D eigenvalue weighted by Crippen LogP contribution is 2.16. The highest BCUT2D eigenvalue weighted by atomic mass is 16.6. The first-order chi connectivity index (χ1) is 32.6. The fraction of sp³-hybridized carbons (Fsp3) is 0.803. The quantitative estimate of drug-likeness (QED) is 0.0346. The molecule has 0 N–H and O–H groups in total. The number of carbonyl (C=O) groups is 2. The highest BCUT2D eigenvalue weighted by molar-refractivity contribution is 5.70. The summed E-state index contributed by atoms with van der Waals surface area (Å²) in [6.45, 7) is 7.73. The fourth-order valence-electron chi connectivity index (χ4n) is 8.26. The predicted molar refractivity (Wildman–Crippen MR) is 288 cm³/mol. The van der Waals surface area contributed by atoms with Crippen LogP contribution in [0.3, 0.4) is 0 Å². The van der Waals surface area contributed by atoms with Crippen LogP contribution < -0.4 is 0 Å². The van der Waals surface area contributed by atoms with Gasteiger partial charge >= 0.3 is 11.9 Å². The summed E-state index contributed by atoms with van der Waals surface area (Å²) < 4.78 is 17.5. The standard InChI is InChI=1S/C61H110O5/c1-4-7-10-13-16-19-22-25-28-30-31-33-34-36-39-42-45-48-51-54-60(62)65-58-59(57-64-56-53-50-47-44-41-38-27-24-21-18-15-12-9-6-3)66-61(63)55-52-49-46-43-40-37-35-32-29-26-23-20-17-14-11-8-5-2/h8,11,16-17,19-20,25-26,28-29,59H,4-7,9-10,12-15,18,21-24,27,30-58H2,1-3H3/b11-8-,19-16-,20-17-,28-25-,29-26-. The highest BCUT2D eigenvalue weighted by Gasteiger charge is 2.17. The molecule has 5 nitrogen and oxygen atoms in total. The third kappa shape index (κ3) is 54.2. The summed E-state index contributed by atoms with van der Waals surface area (Å²) in [6, 6.07) is 0.